The van der Waals surface area contributed by atoms with Gasteiger partial charge in [0, 0.05) is 25.0 Å². The van der Waals surface area contributed by atoms with Crippen LogP contribution in [0.5, 0.6) is 0 Å². The van der Waals surface area contributed by atoms with Crippen molar-refractivity contribution < 1.29 is 4.79 Å². The lowest BCUT2D eigenvalue weighted by Crippen LogP contribution is -2.30. The van der Waals surface area contributed by atoms with E-state index in [0.29, 0.717) is 11.8 Å². The van der Waals surface area contributed by atoms with Crippen LogP contribution in [0.1, 0.15) is 43.0 Å². The molecule has 2 aliphatic rings. The fourth-order valence-corrected chi connectivity index (χ4v) is 5.67. The van der Waals surface area contributed by atoms with Gasteiger partial charge in [0.2, 0.25) is 5.91 Å². The molecule has 1 saturated carbocycles. The molecule has 2 aromatic rings. The summed E-state index contributed by atoms with van der Waals surface area (Å²) in [5.74, 6) is 2.35. The molecular weight excluding hydrogens is 364 g/mol. The van der Waals surface area contributed by atoms with E-state index in [1.54, 1.807) is 0 Å². The van der Waals surface area contributed by atoms with E-state index in [-0.39, 0.29) is 5.91 Å². The predicted octanol–water partition coefficient (Wildman–Crippen LogP) is 3.77. The maximum atomic E-state index is 12.2. The van der Waals surface area contributed by atoms with E-state index in [4.69, 9.17) is 0 Å². The lowest BCUT2D eigenvalue weighted by atomic mass is 9.87. The molecule has 0 bridgehead atoms. The van der Waals surface area contributed by atoms with Crippen LogP contribution in [0.15, 0.2) is 11.2 Å². The highest BCUT2D eigenvalue weighted by atomic mass is 32.2. The quantitative estimate of drug-likeness (QED) is 0.705. The fourth-order valence-electron chi connectivity index (χ4n) is 3.61. The van der Waals surface area contributed by atoms with Gasteiger partial charge in [-0.1, -0.05) is 25.1 Å². The number of aromatic nitrogens is 3. The Bertz CT molecular complexity index is 809. The van der Waals surface area contributed by atoms with E-state index >= 15 is 0 Å². The number of hydrogen-bond donors (Lipinski definition) is 0. The van der Waals surface area contributed by atoms with E-state index in [9.17, 15) is 4.79 Å². The van der Waals surface area contributed by atoms with Crippen molar-refractivity contribution in [3.63, 3.8) is 0 Å². The number of hydrogen-bond acceptors (Lipinski definition) is 5. The predicted molar refractivity (Wildman–Crippen MR) is 107 cm³/mol. The molecule has 140 valence electrons. The molecule has 1 fully saturated rings. The largest absolute Gasteiger partial charge is 0.342 e. The molecule has 1 amide bonds. The molecule has 0 aromatic carbocycles. The first-order valence-corrected chi connectivity index (χ1v) is 11.3. The summed E-state index contributed by atoms with van der Waals surface area (Å²) in [7, 11) is 3.91. The van der Waals surface area contributed by atoms with Crippen molar-refractivity contribution in [1.29, 1.82) is 0 Å². The number of thiophene rings is 1. The smallest absolute Gasteiger partial charge is 0.233 e. The van der Waals surface area contributed by atoms with Gasteiger partial charge in [0.15, 0.2) is 11.0 Å². The van der Waals surface area contributed by atoms with Gasteiger partial charge in [-0.25, -0.2) is 0 Å². The molecule has 2 heterocycles. The summed E-state index contributed by atoms with van der Waals surface area (Å²) < 4.78 is 2.03. The highest BCUT2D eigenvalue weighted by Gasteiger charge is 2.29. The van der Waals surface area contributed by atoms with E-state index in [1.165, 1.54) is 52.8 Å². The van der Waals surface area contributed by atoms with Gasteiger partial charge in [0.1, 0.15) is 0 Å². The van der Waals surface area contributed by atoms with Crippen molar-refractivity contribution in [3.8, 4) is 10.7 Å². The van der Waals surface area contributed by atoms with Gasteiger partial charge in [0.05, 0.1) is 10.6 Å². The van der Waals surface area contributed by atoms with Gasteiger partial charge in [-0.15, -0.1) is 21.5 Å². The highest BCUT2D eigenvalue weighted by molar-refractivity contribution is 7.99. The molecule has 2 aliphatic carbocycles. The number of carbonyl (C=O) groups excluding carboxylic acids is 1. The lowest BCUT2D eigenvalue weighted by molar-refractivity contribution is -0.127. The lowest BCUT2D eigenvalue weighted by Gasteiger charge is -2.19. The third-order valence-corrected chi connectivity index (χ3v) is 7.87. The maximum Gasteiger partial charge on any atom is 0.233 e. The first-order valence-electron chi connectivity index (χ1n) is 9.46. The molecule has 7 heteroatoms. The second kappa shape index (κ2) is 7.35. The standard InChI is InChI=1S/C19H26N4OS2/c1-4-12-5-8-15-13(9-12)10-16(26-15)18-20-21-19(23(18)3)25-11-17(24)22(2)14-6-7-14/h10,12,14H,4-9,11H2,1-3H3. The van der Waals surface area contributed by atoms with E-state index in [1.807, 2.05) is 34.9 Å². The summed E-state index contributed by atoms with van der Waals surface area (Å²) in [4.78, 5) is 16.8. The summed E-state index contributed by atoms with van der Waals surface area (Å²) in [6, 6.07) is 2.77. The summed E-state index contributed by atoms with van der Waals surface area (Å²) in [6.45, 7) is 2.29. The van der Waals surface area contributed by atoms with Gasteiger partial charge in [-0.05, 0) is 49.7 Å². The van der Waals surface area contributed by atoms with Gasteiger partial charge >= 0.3 is 0 Å². The van der Waals surface area contributed by atoms with Crippen molar-refractivity contribution in [2.75, 3.05) is 12.8 Å². The Morgan fingerprint density at radius 3 is 2.92 bits per heavy atom. The Morgan fingerprint density at radius 1 is 1.38 bits per heavy atom. The molecule has 0 spiro atoms. The monoisotopic (exact) mass is 390 g/mol. The molecule has 26 heavy (non-hydrogen) atoms. The SMILES string of the molecule is CCC1CCc2sc(-c3nnc(SCC(=O)N(C)C4CC4)n3C)cc2C1. The Morgan fingerprint density at radius 2 is 2.19 bits per heavy atom. The first kappa shape index (κ1) is 18.0. The van der Waals surface area contributed by atoms with Crippen LogP contribution < -0.4 is 0 Å². The maximum absolute atomic E-state index is 12.2. The second-order valence-corrected chi connectivity index (χ2v) is 9.55. The Balaban J connectivity index is 1.45. The summed E-state index contributed by atoms with van der Waals surface area (Å²) in [6.07, 6.45) is 7.24. The average Bonchev–Trinajstić information content (AvgIpc) is 3.31. The summed E-state index contributed by atoms with van der Waals surface area (Å²) in [5.41, 5.74) is 1.50. The number of rotatable bonds is 6. The highest BCUT2D eigenvalue weighted by Crippen LogP contribution is 2.38. The third kappa shape index (κ3) is 3.56. The first-order chi connectivity index (χ1) is 12.6. The minimum atomic E-state index is 0.180. The molecule has 1 atom stereocenters. The molecule has 2 aromatic heterocycles. The Labute approximate surface area is 163 Å². The molecule has 0 saturated heterocycles. The van der Waals surface area contributed by atoms with Crippen molar-refractivity contribution >= 4 is 29.0 Å². The minimum Gasteiger partial charge on any atom is -0.342 e. The third-order valence-electron chi connectivity index (χ3n) is 5.63. The molecule has 5 nitrogen and oxygen atoms in total. The summed E-state index contributed by atoms with van der Waals surface area (Å²) >= 11 is 3.35. The molecule has 1 unspecified atom stereocenters. The van der Waals surface area contributed by atoms with Crippen LogP contribution in [0.2, 0.25) is 0 Å². The zero-order chi connectivity index (χ0) is 18.3. The van der Waals surface area contributed by atoms with Gasteiger partial charge in [-0.2, -0.15) is 0 Å². The van der Waals surface area contributed by atoms with E-state index < -0.39 is 0 Å². The van der Waals surface area contributed by atoms with Crippen molar-refractivity contribution in [3.05, 3.63) is 16.5 Å². The summed E-state index contributed by atoms with van der Waals surface area (Å²) in [5, 5.41) is 9.56. The molecule has 4 rings (SSSR count). The number of amides is 1. The normalized spacial score (nSPS) is 19.4. The Kier molecular flexibility index (Phi) is 5.10. The van der Waals surface area contributed by atoms with Crippen LogP contribution in [-0.2, 0) is 24.7 Å². The van der Waals surface area contributed by atoms with Crippen LogP contribution in [-0.4, -0.2) is 44.4 Å². The number of fused-ring (bicyclic) bond motifs is 1. The van der Waals surface area contributed by atoms with Crippen LogP contribution in [0.3, 0.4) is 0 Å². The van der Waals surface area contributed by atoms with Crippen molar-refractivity contribution in [1.82, 2.24) is 19.7 Å². The number of nitrogens with zero attached hydrogens (tertiary/aromatic N) is 4. The van der Waals surface area contributed by atoms with Crippen LogP contribution in [0.4, 0.5) is 0 Å². The van der Waals surface area contributed by atoms with Gasteiger partial charge in [-0.3, -0.25) is 4.79 Å². The zero-order valence-electron chi connectivity index (χ0n) is 15.7. The van der Waals surface area contributed by atoms with Crippen molar-refractivity contribution in [2.24, 2.45) is 13.0 Å². The van der Waals surface area contributed by atoms with Gasteiger partial charge < -0.3 is 9.47 Å². The van der Waals surface area contributed by atoms with E-state index in [0.717, 1.165) is 29.7 Å². The number of aryl methyl sites for hydroxylation is 1. The molecule has 0 radical (unpaired) electrons. The topological polar surface area (TPSA) is 51.0 Å². The van der Waals surface area contributed by atoms with E-state index in [2.05, 4.69) is 23.2 Å². The van der Waals surface area contributed by atoms with Gasteiger partial charge in [0.25, 0.3) is 0 Å². The molecule has 0 aliphatic heterocycles. The second-order valence-electron chi connectivity index (χ2n) is 7.47. The fraction of sp³-hybridized carbons (Fsp3) is 0.632. The molecular formula is C19H26N4OS2. The molecule has 0 N–H and O–H groups in total. The number of carbonyl (C=O) groups is 1. The van der Waals surface area contributed by atoms with Crippen molar-refractivity contribution in [2.45, 2.75) is 56.6 Å². The van der Waals surface area contributed by atoms with Crippen LogP contribution in [0, 0.1) is 5.92 Å². The number of thioether (sulfide) groups is 1. The Hall–Kier alpha value is -1.34. The average molecular weight is 391 g/mol. The minimum absolute atomic E-state index is 0.180. The van der Waals surface area contributed by atoms with Crippen LogP contribution in [0.25, 0.3) is 10.7 Å². The van der Waals surface area contributed by atoms with Crippen LogP contribution >= 0.6 is 23.1 Å². The zero-order valence-corrected chi connectivity index (χ0v) is 17.3.